The molecule has 0 saturated heterocycles. The van der Waals surface area contributed by atoms with Gasteiger partial charge in [-0.05, 0) is 79.1 Å². The summed E-state index contributed by atoms with van der Waals surface area (Å²) in [7, 11) is 3.21. The number of benzene rings is 3. The minimum absolute atomic E-state index is 0.198. The zero-order valence-electron chi connectivity index (χ0n) is 21.1. The third-order valence-electron chi connectivity index (χ3n) is 6.40. The van der Waals surface area contributed by atoms with E-state index in [4.69, 9.17) is 13.9 Å². The number of nitrogens with zero attached hydrogens (tertiary/aromatic N) is 1. The quantitative estimate of drug-likeness (QED) is 0.290. The van der Waals surface area contributed by atoms with Gasteiger partial charge in [0.25, 0.3) is 0 Å². The van der Waals surface area contributed by atoms with Crippen molar-refractivity contribution in [2.75, 3.05) is 14.2 Å². The Bertz CT molecular complexity index is 1220. The highest BCUT2D eigenvalue weighted by Crippen LogP contribution is 2.39. The largest absolute Gasteiger partial charge is 0.497 e. The average Bonchev–Trinajstić information content (AvgIpc) is 3.37. The standard InChI is InChI=1S/C30H32FNO4/c1-21(2)32(19-22-6-5-7-25(31)18-22)20-28-16-17-29(36-28)30(33,23-8-12-26(34-3)13-9-23)24-10-14-27(35-4)15-11-24/h5-18,21,33H,19-20H2,1-4H3. The van der Waals surface area contributed by atoms with Crippen molar-refractivity contribution in [3.8, 4) is 11.5 Å². The fourth-order valence-electron chi connectivity index (χ4n) is 4.26. The van der Waals surface area contributed by atoms with Gasteiger partial charge in [-0.15, -0.1) is 0 Å². The summed E-state index contributed by atoms with van der Waals surface area (Å²) in [5.74, 6) is 2.25. The molecule has 0 unspecified atom stereocenters. The SMILES string of the molecule is COc1ccc(C(O)(c2ccc(OC)cc2)c2ccc(CN(Cc3cccc(F)c3)C(C)C)o2)cc1. The Morgan fingerprint density at radius 3 is 1.92 bits per heavy atom. The predicted octanol–water partition coefficient (Wildman–Crippen LogP) is 6.13. The van der Waals surface area contributed by atoms with Crippen LogP contribution in [0, 0.1) is 5.82 Å². The summed E-state index contributed by atoms with van der Waals surface area (Å²) in [5.41, 5.74) is 0.662. The number of hydrogen-bond acceptors (Lipinski definition) is 5. The third kappa shape index (κ3) is 5.45. The zero-order valence-corrected chi connectivity index (χ0v) is 21.1. The lowest BCUT2D eigenvalue weighted by Gasteiger charge is -2.28. The fourth-order valence-corrected chi connectivity index (χ4v) is 4.26. The summed E-state index contributed by atoms with van der Waals surface area (Å²) in [6.07, 6.45) is 0. The Kier molecular flexibility index (Phi) is 7.77. The van der Waals surface area contributed by atoms with Gasteiger partial charge >= 0.3 is 0 Å². The molecule has 0 spiro atoms. The summed E-state index contributed by atoms with van der Waals surface area (Å²) in [5, 5.41) is 12.1. The maximum atomic E-state index is 13.7. The van der Waals surface area contributed by atoms with Gasteiger partial charge in [0, 0.05) is 12.6 Å². The zero-order chi connectivity index (χ0) is 25.7. The normalized spacial score (nSPS) is 11.8. The highest BCUT2D eigenvalue weighted by molar-refractivity contribution is 5.46. The molecule has 0 atom stereocenters. The predicted molar refractivity (Wildman–Crippen MR) is 138 cm³/mol. The number of ether oxygens (including phenoxy) is 2. The van der Waals surface area contributed by atoms with Gasteiger partial charge in [-0.1, -0.05) is 36.4 Å². The molecule has 0 fully saturated rings. The number of methoxy groups -OCH3 is 2. The molecule has 1 heterocycles. The van der Waals surface area contributed by atoms with E-state index in [1.807, 2.05) is 66.7 Å². The molecule has 0 aliphatic rings. The molecule has 0 radical (unpaired) electrons. The van der Waals surface area contributed by atoms with Crippen LogP contribution in [0.2, 0.25) is 0 Å². The minimum atomic E-state index is -1.53. The van der Waals surface area contributed by atoms with Crippen LogP contribution in [0.4, 0.5) is 4.39 Å². The van der Waals surface area contributed by atoms with Crippen LogP contribution in [-0.4, -0.2) is 30.3 Å². The van der Waals surface area contributed by atoms with Crippen LogP contribution in [-0.2, 0) is 18.7 Å². The van der Waals surface area contributed by atoms with Crippen LogP contribution in [0.1, 0.15) is 42.1 Å². The van der Waals surface area contributed by atoms with Gasteiger partial charge in [-0.3, -0.25) is 4.90 Å². The fraction of sp³-hybridized carbons (Fsp3) is 0.267. The number of rotatable bonds is 10. The first-order chi connectivity index (χ1) is 17.3. The van der Waals surface area contributed by atoms with Crippen LogP contribution in [0.25, 0.3) is 0 Å². The first-order valence-corrected chi connectivity index (χ1v) is 11.9. The number of hydrogen-bond donors (Lipinski definition) is 1. The van der Waals surface area contributed by atoms with Crippen molar-refractivity contribution < 1.29 is 23.4 Å². The molecule has 1 N–H and O–H groups in total. The highest BCUT2D eigenvalue weighted by Gasteiger charge is 2.37. The van der Waals surface area contributed by atoms with Crippen molar-refractivity contribution in [3.05, 3.63) is 119 Å². The molecule has 0 bridgehead atoms. The van der Waals surface area contributed by atoms with E-state index < -0.39 is 5.60 Å². The molecule has 0 aliphatic heterocycles. The van der Waals surface area contributed by atoms with Gasteiger partial charge in [-0.2, -0.15) is 0 Å². The van der Waals surface area contributed by atoms with Gasteiger partial charge in [0.15, 0.2) is 5.60 Å². The first-order valence-electron chi connectivity index (χ1n) is 11.9. The first kappa shape index (κ1) is 25.5. The van der Waals surface area contributed by atoms with E-state index in [0.717, 1.165) is 5.56 Å². The topological polar surface area (TPSA) is 55.1 Å². The maximum Gasteiger partial charge on any atom is 0.173 e. The maximum absolute atomic E-state index is 13.7. The van der Waals surface area contributed by atoms with Crippen LogP contribution in [0.5, 0.6) is 11.5 Å². The molecular weight excluding hydrogens is 457 g/mol. The molecule has 6 heteroatoms. The average molecular weight is 490 g/mol. The number of aliphatic hydroxyl groups is 1. The van der Waals surface area contributed by atoms with Gasteiger partial charge in [0.1, 0.15) is 28.8 Å². The Balaban J connectivity index is 1.67. The Labute approximate surface area is 211 Å². The number of halogens is 1. The summed E-state index contributed by atoms with van der Waals surface area (Å²) in [6.45, 7) is 5.27. The Hall–Kier alpha value is -3.61. The van der Waals surface area contributed by atoms with Crippen LogP contribution >= 0.6 is 0 Å². The highest BCUT2D eigenvalue weighted by atomic mass is 19.1. The van der Waals surface area contributed by atoms with Crippen molar-refractivity contribution in [1.82, 2.24) is 4.90 Å². The van der Waals surface area contributed by atoms with Gasteiger partial charge in [0.2, 0.25) is 0 Å². The molecule has 0 amide bonds. The van der Waals surface area contributed by atoms with Gasteiger partial charge in [-0.25, -0.2) is 4.39 Å². The summed E-state index contributed by atoms with van der Waals surface area (Å²) in [6, 6.07) is 25.1. The molecule has 4 aromatic rings. The smallest absolute Gasteiger partial charge is 0.173 e. The van der Waals surface area contributed by atoms with Gasteiger partial charge in [0.05, 0.1) is 20.8 Å². The summed E-state index contributed by atoms with van der Waals surface area (Å²) < 4.78 is 30.6. The van der Waals surface area contributed by atoms with E-state index >= 15 is 0 Å². The van der Waals surface area contributed by atoms with Crippen molar-refractivity contribution in [1.29, 1.82) is 0 Å². The molecule has 188 valence electrons. The molecule has 1 aromatic heterocycles. The van der Waals surface area contributed by atoms with Crippen molar-refractivity contribution in [2.24, 2.45) is 0 Å². The van der Waals surface area contributed by atoms with Crippen molar-refractivity contribution >= 4 is 0 Å². The lowest BCUT2D eigenvalue weighted by Crippen LogP contribution is -2.30. The van der Waals surface area contributed by atoms with Crippen LogP contribution < -0.4 is 9.47 Å². The lowest BCUT2D eigenvalue weighted by molar-refractivity contribution is 0.0939. The second-order valence-corrected chi connectivity index (χ2v) is 9.06. The summed E-state index contributed by atoms with van der Waals surface area (Å²) in [4.78, 5) is 2.19. The molecule has 0 saturated carbocycles. The van der Waals surface area contributed by atoms with E-state index in [1.54, 1.807) is 26.4 Å². The van der Waals surface area contributed by atoms with Gasteiger partial charge < -0.3 is 19.0 Å². The second kappa shape index (κ2) is 11.0. The molecule has 5 nitrogen and oxygen atoms in total. The minimum Gasteiger partial charge on any atom is -0.497 e. The molecule has 36 heavy (non-hydrogen) atoms. The van der Waals surface area contributed by atoms with Crippen molar-refractivity contribution in [2.45, 2.75) is 38.6 Å². The van der Waals surface area contributed by atoms with Crippen molar-refractivity contribution in [3.63, 3.8) is 0 Å². The Morgan fingerprint density at radius 2 is 1.42 bits per heavy atom. The van der Waals surface area contributed by atoms with E-state index in [0.29, 0.717) is 47.2 Å². The van der Waals surface area contributed by atoms with E-state index in [9.17, 15) is 9.50 Å². The molecular formula is C30H32FNO4. The van der Waals surface area contributed by atoms with E-state index in [2.05, 4.69) is 18.7 Å². The monoisotopic (exact) mass is 489 g/mol. The Morgan fingerprint density at radius 1 is 0.833 bits per heavy atom. The number of furan rings is 1. The lowest BCUT2D eigenvalue weighted by atomic mass is 9.84. The van der Waals surface area contributed by atoms with Crippen LogP contribution in [0.15, 0.2) is 89.3 Å². The third-order valence-corrected chi connectivity index (χ3v) is 6.40. The van der Waals surface area contributed by atoms with E-state index in [-0.39, 0.29) is 11.9 Å². The van der Waals surface area contributed by atoms with E-state index in [1.165, 1.54) is 6.07 Å². The second-order valence-electron chi connectivity index (χ2n) is 9.06. The molecule has 4 rings (SSSR count). The molecule has 3 aromatic carbocycles. The summed E-state index contributed by atoms with van der Waals surface area (Å²) >= 11 is 0. The van der Waals surface area contributed by atoms with Crippen LogP contribution in [0.3, 0.4) is 0 Å². The molecule has 0 aliphatic carbocycles.